The van der Waals surface area contributed by atoms with E-state index < -0.39 is 6.03 Å². The number of nitrogens with one attached hydrogen (secondary N) is 1. The van der Waals surface area contributed by atoms with Gasteiger partial charge in [-0.25, -0.2) is 4.79 Å². The maximum atomic E-state index is 10.4. The average molecular weight is 124 g/mol. The molecule has 0 aromatic rings. The van der Waals surface area contributed by atoms with E-state index in [1.54, 1.807) is 13.1 Å². The maximum Gasteiger partial charge on any atom is 0.368 e. The minimum absolute atomic E-state index is 0.457. The molecule has 0 atom stereocenters. The van der Waals surface area contributed by atoms with Crippen molar-refractivity contribution in [2.45, 2.75) is 0 Å². The Balaban J connectivity index is 2.70. The van der Waals surface area contributed by atoms with E-state index in [0.717, 1.165) is 0 Å². The van der Waals surface area contributed by atoms with Crippen LogP contribution < -0.4 is 10.6 Å². The third kappa shape index (κ3) is 1.28. The number of urea groups is 1. The first kappa shape index (κ1) is 5.81. The lowest BCUT2D eigenvalue weighted by Crippen LogP contribution is -2.22. The second-order valence-corrected chi connectivity index (χ2v) is 1.47. The number of nitrogens with zero attached hydrogens (tertiary/aromatic N) is 2. The SMILES string of the molecule is CNC1=NC(=O)[N]C=C1. The van der Waals surface area contributed by atoms with Crippen LogP contribution in [0.1, 0.15) is 0 Å². The van der Waals surface area contributed by atoms with Crippen molar-refractivity contribution in [1.82, 2.24) is 10.6 Å². The Morgan fingerprint density at radius 3 is 2.89 bits per heavy atom. The Bertz CT molecular complexity index is 183. The van der Waals surface area contributed by atoms with Crippen molar-refractivity contribution in [2.24, 2.45) is 4.99 Å². The summed E-state index contributed by atoms with van der Waals surface area (Å²) < 4.78 is 0. The van der Waals surface area contributed by atoms with E-state index in [4.69, 9.17) is 0 Å². The number of hydrogen-bond acceptors (Lipinski definition) is 2. The smallest absolute Gasteiger partial charge is 0.368 e. The predicted octanol–water partition coefficient (Wildman–Crippen LogP) is -0.144. The van der Waals surface area contributed by atoms with Crippen molar-refractivity contribution in [1.29, 1.82) is 0 Å². The number of likely N-dealkylation sites (N-methyl/N-ethyl adjacent to an activating group) is 1. The summed E-state index contributed by atoms with van der Waals surface area (Å²) >= 11 is 0. The quantitative estimate of drug-likeness (QED) is 0.488. The predicted molar refractivity (Wildman–Crippen MR) is 33.2 cm³/mol. The van der Waals surface area contributed by atoms with E-state index in [9.17, 15) is 4.79 Å². The molecule has 47 valence electrons. The molecule has 0 aliphatic carbocycles. The summed E-state index contributed by atoms with van der Waals surface area (Å²) in [5.41, 5.74) is 0. The Labute approximate surface area is 52.7 Å². The summed E-state index contributed by atoms with van der Waals surface area (Å²) in [6.45, 7) is 0. The van der Waals surface area contributed by atoms with E-state index in [0.29, 0.717) is 5.84 Å². The third-order valence-corrected chi connectivity index (χ3v) is 0.890. The molecule has 1 radical (unpaired) electrons. The summed E-state index contributed by atoms with van der Waals surface area (Å²) in [6.07, 6.45) is 3.04. The van der Waals surface area contributed by atoms with Gasteiger partial charge in [0, 0.05) is 13.2 Å². The van der Waals surface area contributed by atoms with Gasteiger partial charge in [0.15, 0.2) is 0 Å². The molecule has 0 bridgehead atoms. The highest BCUT2D eigenvalue weighted by Crippen LogP contribution is 1.87. The molecule has 0 aromatic carbocycles. The number of rotatable bonds is 0. The Morgan fingerprint density at radius 2 is 2.44 bits per heavy atom. The molecule has 1 N–H and O–H groups in total. The zero-order valence-corrected chi connectivity index (χ0v) is 4.96. The average Bonchev–Trinajstić information content (AvgIpc) is 1.88. The minimum Gasteiger partial charge on any atom is -0.373 e. The van der Waals surface area contributed by atoms with Crippen molar-refractivity contribution < 1.29 is 4.79 Å². The molecule has 0 saturated heterocycles. The maximum absolute atomic E-state index is 10.4. The number of carbonyl (C=O) groups excluding carboxylic acids is 1. The van der Waals surface area contributed by atoms with Crippen LogP contribution >= 0.6 is 0 Å². The molecule has 2 amide bonds. The zero-order chi connectivity index (χ0) is 6.69. The monoisotopic (exact) mass is 124 g/mol. The third-order valence-electron chi connectivity index (χ3n) is 0.890. The standard InChI is InChI=1S/C5H6N3O/c1-6-4-2-3-7-5(9)8-4/h2-3H,1H3,(H,6,8,9). The lowest BCUT2D eigenvalue weighted by atomic mass is 10.5. The number of aliphatic imine (C=N–C) groups is 1. The Morgan fingerprint density at radius 1 is 1.67 bits per heavy atom. The minimum atomic E-state index is -0.457. The van der Waals surface area contributed by atoms with Gasteiger partial charge < -0.3 is 5.32 Å². The van der Waals surface area contributed by atoms with Crippen molar-refractivity contribution in [2.75, 3.05) is 7.05 Å². The highest BCUT2D eigenvalue weighted by atomic mass is 16.2. The molecule has 0 aromatic heterocycles. The van der Waals surface area contributed by atoms with E-state index in [-0.39, 0.29) is 0 Å². The van der Waals surface area contributed by atoms with Crippen molar-refractivity contribution in [3.05, 3.63) is 12.3 Å². The van der Waals surface area contributed by atoms with Crippen LogP contribution in [-0.4, -0.2) is 18.9 Å². The van der Waals surface area contributed by atoms with Crippen LogP contribution in [0.3, 0.4) is 0 Å². The topological polar surface area (TPSA) is 55.6 Å². The zero-order valence-electron chi connectivity index (χ0n) is 4.96. The first-order valence-electron chi connectivity index (χ1n) is 2.51. The highest BCUT2D eigenvalue weighted by Gasteiger charge is 2.02. The van der Waals surface area contributed by atoms with Gasteiger partial charge in [-0.3, -0.25) is 0 Å². The van der Waals surface area contributed by atoms with Gasteiger partial charge in [0.2, 0.25) is 0 Å². The van der Waals surface area contributed by atoms with Gasteiger partial charge >= 0.3 is 6.03 Å². The molecular weight excluding hydrogens is 118 g/mol. The molecule has 4 heteroatoms. The molecule has 4 nitrogen and oxygen atoms in total. The van der Waals surface area contributed by atoms with Crippen LogP contribution in [0.25, 0.3) is 0 Å². The lowest BCUT2D eigenvalue weighted by Gasteiger charge is -2.01. The fourth-order valence-electron chi connectivity index (χ4n) is 0.480. The van der Waals surface area contributed by atoms with Crippen LogP contribution in [0, 0.1) is 0 Å². The van der Waals surface area contributed by atoms with Crippen molar-refractivity contribution in [3.63, 3.8) is 0 Å². The van der Waals surface area contributed by atoms with E-state index in [1.807, 2.05) is 0 Å². The summed E-state index contributed by atoms with van der Waals surface area (Å²) in [5.74, 6) is 0.551. The van der Waals surface area contributed by atoms with Crippen LogP contribution in [0.15, 0.2) is 17.3 Å². The molecule has 0 unspecified atom stereocenters. The van der Waals surface area contributed by atoms with Gasteiger partial charge in [-0.1, -0.05) is 0 Å². The second-order valence-electron chi connectivity index (χ2n) is 1.47. The van der Waals surface area contributed by atoms with Crippen molar-refractivity contribution >= 4 is 11.9 Å². The molecule has 9 heavy (non-hydrogen) atoms. The lowest BCUT2D eigenvalue weighted by molar-refractivity contribution is 0.251. The van der Waals surface area contributed by atoms with Crippen LogP contribution in [0.4, 0.5) is 4.79 Å². The molecule has 1 aliphatic heterocycles. The molecule has 0 spiro atoms. The van der Waals surface area contributed by atoms with Crippen LogP contribution in [0.5, 0.6) is 0 Å². The van der Waals surface area contributed by atoms with E-state index >= 15 is 0 Å². The summed E-state index contributed by atoms with van der Waals surface area (Å²) in [5, 5.41) is 6.10. The van der Waals surface area contributed by atoms with E-state index in [1.165, 1.54) is 6.20 Å². The molecule has 0 saturated carbocycles. The van der Waals surface area contributed by atoms with E-state index in [2.05, 4.69) is 15.6 Å². The van der Waals surface area contributed by atoms with Gasteiger partial charge in [0.1, 0.15) is 5.84 Å². The molecular formula is C5H6N3O. The van der Waals surface area contributed by atoms with Gasteiger partial charge in [-0.05, 0) is 6.08 Å². The number of hydrogen-bond donors (Lipinski definition) is 1. The van der Waals surface area contributed by atoms with Crippen molar-refractivity contribution in [3.8, 4) is 0 Å². The number of amidine groups is 1. The number of amides is 2. The van der Waals surface area contributed by atoms with Crippen LogP contribution in [-0.2, 0) is 0 Å². The first-order chi connectivity index (χ1) is 4.33. The Kier molecular flexibility index (Phi) is 1.48. The number of carbonyl (C=O) groups is 1. The van der Waals surface area contributed by atoms with Gasteiger partial charge in [0.05, 0.1) is 0 Å². The Hall–Kier alpha value is -1.32. The molecule has 1 heterocycles. The summed E-state index contributed by atoms with van der Waals surface area (Å²) in [6, 6.07) is -0.457. The first-order valence-corrected chi connectivity index (χ1v) is 2.51. The fourth-order valence-corrected chi connectivity index (χ4v) is 0.480. The van der Waals surface area contributed by atoms with Crippen LogP contribution in [0.2, 0.25) is 0 Å². The van der Waals surface area contributed by atoms with Gasteiger partial charge in [-0.2, -0.15) is 10.3 Å². The molecule has 1 rings (SSSR count). The van der Waals surface area contributed by atoms with Gasteiger partial charge in [-0.15, -0.1) is 0 Å². The normalized spacial score (nSPS) is 16.6. The second kappa shape index (κ2) is 2.30. The highest BCUT2D eigenvalue weighted by molar-refractivity contribution is 6.02. The van der Waals surface area contributed by atoms with Gasteiger partial charge in [0.25, 0.3) is 0 Å². The fraction of sp³-hybridized carbons (Fsp3) is 0.200. The largest absolute Gasteiger partial charge is 0.373 e. The summed E-state index contributed by atoms with van der Waals surface area (Å²) in [4.78, 5) is 13.9. The summed E-state index contributed by atoms with van der Waals surface area (Å²) in [7, 11) is 1.70. The molecule has 0 fully saturated rings. The molecule has 1 aliphatic rings.